The molecule has 0 spiro atoms. The highest BCUT2D eigenvalue weighted by molar-refractivity contribution is 7.85. The van der Waals surface area contributed by atoms with Crippen molar-refractivity contribution in [3.63, 3.8) is 0 Å². The third-order valence-corrected chi connectivity index (χ3v) is 2.27. The summed E-state index contributed by atoms with van der Waals surface area (Å²) >= 11 is 0. The van der Waals surface area contributed by atoms with Crippen LogP contribution >= 0.6 is 0 Å². The number of hydrogen-bond acceptors (Lipinski definition) is 4. The fraction of sp³-hybridized carbons (Fsp3) is 0.400. The van der Waals surface area contributed by atoms with E-state index in [4.69, 9.17) is 4.74 Å². The first kappa shape index (κ1) is 12.0. The van der Waals surface area contributed by atoms with E-state index in [0.29, 0.717) is 5.75 Å². The molecule has 15 heavy (non-hydrogen) atoms. The molecule has 0 atom stereocenters. The van der Waals surface area contributed by atoms with Crippen molar-refractivity contribution >= 4 is 10.1 Å². The molecule has 1 aromatic rings. The van der Waals surface area contributed by atoms with Gasteiger partial charge in [0.1, 0.15) is 19.0 Å². The molecule has 0 radical (unpaired) electrons. The molecule has 0 heterocycles. The Morgan fingerprint density at radius 3 is 2.27 bits per heavy atom. The number of hydrogen-bond donors (Lipinski definition) is 0. The standard InChI is InChI=1S/C10H14O4S/c1-9-3-5-10(6-4-9)13-7-8-14-15(2,11)12/h3-6H,7-8H2,1-2H3. The van der Waals surface area contributed by atoms with E-state index in [1.54, 1.807) is 0 Å². The molecular formula is C10H14O4S. The lowest BCUT2D eigenvalue weighted by Gasteiger charge is -2.05. The van der Waals surface area contributed by atoms with Crippen molar-refractivity contribution in [3.8, 4) is 5.75 Å². The van der Waals surface area contributed by atoms with E-state index in [2.05, 4.69) is 4.18 Å². The molecule has 0 saturated heterocycles. The molecule has 1 rings (SSSR count). The Kier molecular flexibility index (Phi) is 4.11. The van der Waals surface area contributed by atoms with Gasteiger partial charge in [0, 0.05) is 0 Å². The van der Waals surface area contributed by atoms with Gasteiger partial charge >= 0.3 is 0 Å². The highest BCUT2D eigenvalue weighted by Crippen LogP contribution is 2.10. The number of aryl methyl sites for hydroxylation is 1. The zero-order valence-corrected chi connectivity index (χ0v) is 9.58. The molecule has 5 heteroatoms. The summed E-state index contributed by atoms with van der Waals surface area (Å²) < 4.78 is 31.0. The van der Waals surface area contributed by atoms with E-state index in [1.807, 2.05) is 31.2 Å². The van der Waals surface area contributed by atoms with Crippen LogP contribution in [0.5, 0.6) is 5.75 Å². The molecule has 0 aliphatic rings. The van der Waals surface area contributed by atoms with Crippen LogP contribution in [-0.4, -0.2) is 27.9 Å². The summed E-state index contributed by atoms with van der Waals surface area (Å²) in [4.78, 5) is 0. The lowest BCUT2D eigenvalue weighted by atomic mass is 10.2. The second-order valence-corrected chi connectivity index (χ2v) is 4.83. The maximum Gasteiger partial charge on any atom is 0.264 e. The van der Waals surface area contributed by atoms with E-state index in [9.17, 15) is 8.42 Å². The first-order valence-corrected chi connectivity index (χ1v) is 6.33. The van der Waals surface area contributed by atoms with E-state index in [0.717, 1.165) is 11.8 Å². The van der Waals surface area contributed by atoms with Crippen LogP contribution in [0, 0.1) is 6.92 Å². The van der Waals surface area contributed by atoms with Crippen molar-refractivity contribution in [3.05, 3.63) is 29.8 Å². The molecule has 0 amide bonds. The Morgan fingerprint density at radius 2 is 1.73 bits per heavy atom. The SMILES string of the molecule is Cc1ccc(OCCOS(C)(=O)=O)cc1. The predicted molar refractivity (Wildman–Crippen MR) is 57.5 cm³/mol. The van der Waals surface area contributed by atoms with Crippen molar-refractivity contribution in [1.29, 1.82) is 0 Å². The average molecular weight is 230 g/mol. The highest BCUT2D eigenvalue weighted by Gasteiger charge is 2.00. The van der Waals surface area contributed by atoms with Crippen LogP contribution in [0.15, 0.2) is 24.3 Å². The van der Waals surface area contributed by atoms with Gasteiger partial charge in [0.25, 0.3) is 10.1 Å². The van der Waals surface area contributed by atoms with Crippen LogP contribution in [0.2, 0.25) is 0 Å². The molecule has 0 aliphatic carbocycles. The van der Waals surface area contributed by atoms with E-state index < -0.39 is 10.1 Å². The van der Waals surface area contributed by atoms with Crippen LogP contribution in [0.3, 0.4) is 0 Å². The minimum Gasteiger partial charge on any atom is -0.491 e. The highest BCUT2D eigenvalue weighted by atomic mass is 32.2. The fourth-order valence-electron chi connectivity index (χ4n) is 0.979. The lowest BCUT2D eigenvalue weighted by Crippen LogP contribution is -2.11. The van der Waals surface area contributed by atoms with Gasteiger partial charge in [-0.25, -0.2) is 0 Å². The van der Waals surface area contributed by atoms with Crippen LogP contribution in [0.4, 0.5) is 0 Å². The van der Waals surface area contributed by atoms with Gasteiger partial charge in [-0.3, -0.25) is 4.18 Å². The zero-order valence-electron chi connectivity index (χ0n) is 8.76. The molecule has 0 saturated carbocycles. The third kappa shape index (κ3) is 5.39. The van der Waals surface area contributed by atoms with Crippen LogP contribution in [0.1, 0.15) is 5.56 Å². The summed E-state index contributed by atoms with van der Waals surface area (Å²) in [6, 6.07) is 7.51. The van der Waals surface area contributed by atoms with E-state index in [1.165, 1.54) is 0 Å². The van der Waals surface area contributed by atoms with Crippen molar-refractivity contribution in [1.82, 2.24) is 0 Å². The number of benzene rings is 1. The molecule has 0 fully saturated rings. The summed E-state index contributed by atoms with van der Waals surface area (Å²) in [5, 5.41) is 0. The van der Waals surface area contributed by atoms with Gasteiger partial charge < -0.3 is 4.74 Å². The predicted octanol–water partition coefficient (Wildman–Crippen LogP) is 1.35. The smallest absolute Gasteiger partial charge is 0.264 e. The summed E-state index contributed by atoms with van der Waals surface area (Å²) in [6.07, 6.45) is 1.01. The topological polar surface area (TPSA) is 52.6 Å². The van der Waals surface area contributed by atoms with Gasteiger partial charge in [0.2, 0.25) is 0 Å². The molecule has 4 nitrogen and oxygen atoms in total. The molecule has 0 bridgehead atoms. The largest absolute Gasteiger partial charge is 0.491 e. The Morgan fingerprint density at radius 1 is 1.13 bits per heavy atom. The lowest BCUT2D eigenvalue weighted by molar-refractivity contribution is 0.222. The fourth-order valence-corrected chi connectivity index (χ4v) is 1.35. The van der Waals surface area contributed by atoms with Gasteiger partial charge in [-0.2, -0.15) is 8.42 Å². The number of ether oxygens (including phenoxy) is 1. The minimum absolute atomic E-state index is 0.0344. The Balaban J connectivity index is 2.29. The van der Waals surface area contributed by atoms with Crippen molar-refractivity contribution < 1.29 is 17.3 Å². The van der Waals surface area contributed by atoms with E-state index >= 15 is 0 Å². The zero-order chi connectivity index (χ0) is 11.3. The quantitative estimate of drug-likeness (QED) is 0.566. The molecular weight excluding hydrogens is 216 g/mol. The van der Waals surface area contributed by atoms with Crippen LogP contribution in [-0.2, 0) is 14.3 Å². The van der Waals surface area contributed by atoms with Crippen molar-refractivity contribution in [2.24, 2.45) is 0 Å². The average Bonchev–Trinajstić information content (AvgIpc) is 2.14. The second kappa shape index (κ2) is 5.14. The molecule has 84 valence electrons. The van der Waals surface area contributed by atoms with Gasteiger partial charge in [-0.1, -0.05) is 17.7 Å². The number of rotatable bonds is 5. The van der Waals surface area contributed by atoms with Gasteiger partial charge in [-0.15, -0.1) is 0 Å². The van der Waals surface area contributed by atoms with Crippen LogP contribution in [0.25, 0.3) is 0 Å². The summed E-state index contributed by atoms with van der Waals surface area (Å²) in [5.74, 6) is 0.706. The van der Waals surface area contributed by atoms with Gasteiger partial charge in [0.05, 0.1) is 6.26 Å². The molecule has 1 aromatic carbocycles. The molecule has 0 unspecified atom stereocenters. The van der Waals surface area contributed by atoms with Crippen LogP contribution < -0.4 is 4.74 Å². The molecule has 0 aliphatic heterocycles. The summed E-state index contributed by atoms with van der Waals surface area (Å²) in [6.45, 7) is 2.24. The second-order valence-electron chi connectivity index (χ2n) is 3.19. The summed E-state index contributed by atoms with van der Waals surface area (Å²) in [5.41, 5.74) is 1.15. The van der Waals surface area contributed by atoms with Crippen molar-refractivity contribution in [2.75, 3.05) is 19.5 Å². The normalized spacial score (nSPS) is 11.3. The Labute approximate surface area is 90.0 Å². The minimum atomic E-state index is -3.37. The Hall–Kier alpha value is -1.07. The monoisotopic (exact) mass is 230 g/mol. The third-order valence-electron chi connectivity index (χ3n) is 1.67. The Bertz CT molecular complexity index is 394. The van der Waals surface area contributed by atoms with Gasteiger partial charge in [0.15, 0.2) is 0 Å². The molecule has 0 aromatic heterocycles. The van der Waals surface area contributed by atoms with Gasteiger partial charge in [-0.05, 0) is 19.1 Å². The maximum absolute atomic E-state index is 10.6. The van der Waals surface area contributed by atoms with Crippen molar-refractivity contribution in [2.45, 2.75) is 6.92 Å². The molecule has 0 N–H and O–H groups in total. The first-order chi connectivity index (χ1) is 6.97. The maximum atomic E-state index is 10.6. The van der Waals surface area contributed by atoms with E-state index in [-0.39, 0.29) is 13.2 Å². The first-order valence-electron chi connectivity index (χ1n) is 4.51. The summed E-state index contributed by atoms with van der Waals surface area (Å²) in [7, 11) is -3.37.